The highest BCUT2D eigenvalue weighted by atomic mass is 16.3. The molecule has 0 aromatic rings. The highest BCUT2D eigenvalue weighted by molar-refractivity contribution is 5.38. The first-order chi connectivity index (χ1) is 10.1. The Morgan fingerprint density at radius 2 is 1.67 bits per heavy atom. The molecule has 2 fully saturated rings. The van der Waals surface area contributed by atoms with Crippen LogP contribution in [0.5, 0.6) is 0 Å². The molecule has 2 aliphatic carbocycles. The van der Waals surface area contributed by atoms with Crippen LogP contribution in [0.1, 0.15) is 71.6 Å². The molecule has 2 N–H and O–H groups in total. The SMILES string of the molecule is CC(C)(O)C1=C(/C=C/C2CCCCC2)C2CCCCC2N1. The molecule has 2 saturated carbocycles. The van der Waals surface area contributed by atoms with Crippen molar-refractivity contribution in [2.45, 2.75) is 83.3 Å². The minimum atomic E-state index is -0.746. The van der Waals surface area contributed by atoms with Crippen LogP contribution in [0.4, 0.5) is 0 Å². The third-order valence-electron chi connectivity index (χ3n) is 5.59. The Labute approximate surface area is 129 Å². The Hall–Kier alpha value is -0.760. The van der Waals surface area contributed by atoms with E-state index in [-0.39, 0.29) is 0 Å². The van der Waals surface area contributed by atoms with E-state index in [9.17, 15) is 5.11 Å². The first-order valence-electron chi connectivity index (χ1n) is 8.97. The van der Waals surface area contributed by atoms with Crippen molar-refractivity contribution >= 4 is 0 Å². The van der Waals surface area contributed by atoms with E-state index in [4.69, 9.17) is 0 Å². The molecule has 0 spiro atoms. The zero-order valence-electron chi connectivity index (χ0n) is 13.7. The topological polar surface area (TPSA) is 32.3 Å². The number of aliphatic hydroxyl groups is 1. The number of nitrogens with one attached hydrogen (secondary N) is 1. The van der Waals surface area contributed by atoms with Gasteiger partial charge in [-0.15, -0.1) is 0 Å². The molecule has 3 aliphatic rings. The second-order valence-corrected chi connectivity index (χ2v) is 7.79. The second kappa shape index (κ2) is 6.16. The van der Waals surface area contributed by atoms with E-state index in [0.717, 1.165) is 11.6 Å². The molecule has 0 radical (unpaired) electrons. The summed E-state index contributed by atoms with van der Waals surface area (Å²) in [5, 5.41) is 14.2. The molecule has 0 saturated heterocycles. The maximum Gasteiger partial charge on any atom is 0.0987 e. The lowest BCUT2D eigenvalue weighted by atomic mass is 9.80. The van der Waals surface area contributed by atoms with Crippen LogP contribution in [0.3, 0.4) is 0 Å². The molecule has 2 heteroatoms. The predicted molar refractivity (Wildman–Crippen MR) is 87.9 cm³/mol. The van der Waals surface area contributed by atoms with Crippen molar-refractivity contribution in [2.24, 2.45) is 11.8 Å². The Morgan fingerprint density at radius 3 is 2.38 bits per heavy atom. The van der Waals surface area contributed by atoms with Crippen LogP contribution in [-0.2, 0) is 0 Å². The quantitative estimate of drug-likeness (QED) is 0.811. The second-order valence-electron chi connectivity index (χ2n) is 7.79. The molecule has 2 nitrogen and oxygen atoms in total. The van der Waals surface area contributed by atoms with Crippen molar-refractivity contribution in [3.63, 3.8) is 0 Å². The van der Waals surface area contributed by atoms with Gasteiger partial charge in [-0.25, -0.2) is 0 Å². The van der Waals surface area contributed by atoms with E-state index >= 15 is 0 Å². The lowest BCUT2D eigenvalue weighted by molar-refractivity contribution is 0.111. The lowest BCUT2D eigenvalue weighted by Crippen LogP contribution is -2.36. The molecule has 2 atom stereocenters. The van der Waals surface area contributed by atoms with Gasteiger partial charge in [0.05, 0.1) is 5.60 Å². The molecule has 0 amide bonds. The molecule has 118 valence electrons. The smallest absolute Gasteiger partial charge is 0.0987 e. The maximum atomic E-state index is 10.5. The molecule has 1 aliphatic heterocycles. The maximum absolute atomic E-state index is 10.5. The summed E-state index contributed by atoms with van der Waals surface area (Å²) in [6.07, 6.45) is 16.9. The number of hydrogen-bond acceptors (Lipinski definition) is 2. The summed E-state index contributed by atoms with van der Waals surface area (Å²) in [5.74, 6) is 1.39. The van der Waals surface area contributed by atoms with Crippen LogP contribution in [0.25, 0.3) is 0 Å². The fraction of sp³-hybridized carbons (Fsp3) is 0.789. The first-order valence-corrected chi connectivity index (χ1v) is 8.97. The van der Waals surface area contributed by atoms with E-state index < -0.39 is 5.60 Å². The molecule has 1 heterocycles. The highest BCUT2D eigenvalue weighted by Crippen LogP contribution is 2.40. The van der Waals surface area contributed by atoms with Gasteiger partial charge in [0.2, 0.25) is 0 Å². The van der Waals surface area contributed by atoms with Crippen LogP contribution in [-0.4, -0.2) is 16.7 Å². The summed E-state index contributed by atoms with van der Waals surface area (Å²) < 4.78 is 0. The van der Waals surface area contributed by atoms with Crippen molar-refractivity contribution in [3.8, 4) is 0 Å². The zero-order valence-corrected chi connectivity index (χ0v) is 13.7. The summed E-state index contributed by atoms with van der Waals surface area (Å²) in [6.45, 7) is 3.84. The Balaban J connectivity index is 1.81. The van der Waals surface area contributed by atoms with Crippen molar-refractivity contribution < 1.29 is 5.11 Å². The standard InChI is InChI=1S/C19H31NO/c1-19(2,21)18-16(13-12-14-8-4-3-5-9-14)15-10-6-7-11-17(15)20-18/h12-15,17,20-21H,3-11H2,1-2H3/b13-12+. The van der Waals surface area contributed by atoms with Gasteiger partial charge in [-0.2, -0.15) is 0 Å². The van der Waals surface area contributed by atoms with Crippen LogP contribution in [0.2, 0.25) is 0 Å². The highest BCUT2D eigenvalue weighted by Gasteiger charge is 2.39. The van der Waals surface area contributed by atoms with Gasteiger partial charge in [-0.1, -0.05) is 44.3 Å². The summed E-state index contributed by atoms with van der Waals surface area (Å²) in [5.41, 5.74) is 1.74. The number of allylic oxidation sites excluding steroid dienone is 2. The summed E-state index contributed by atoms with van der Waals surface area (Å²) >= 11 is 0. The van der Waals surface area contributed by atoms with Crippen molar-refractivity contribution in [2.75, 3.05) is 0 Å². The van der Waals surface area contributed by atoms with E-state index in [1.807, 2.05) is 13.8 Å². The van der Waals surface area contributed by atoms with Gasteiger partial charge in [0, 0.05) is 17.7 Å². The monoisotopic (exact) mass is 289 g/mol. The largest absolute Gasteiger partial charge is 0.384 e. The van der Waals surface area contributed by atoms with E-state index in [1.165, 1.54) is 63.4 Å². The predicted octanol–water partition coefficient (Wildman–Crippen LogP) is 4.31. The third kappa shape index (κ3) is 3.36. The van der Waals surface area contributed by atoms with Gasteiger partial charge in [0.1, 0.15) is 0 Å². The zero-order chi connectivity index (χ0) is 14.9. The third-order valence-corrected chi connectivity index (χ3v) is 5.59. The average molecular weight is 289 g/mol. The minimum Gasteiger partial charge on any atom is -0.384 e. The molecule has 0 aromatic carbocycles. The summed E-state index contributed by atoms with van der Waals surface area (Å²) in [7, 11) is 0. The van der Waals surface area contributed by atoms with E-state index in [1.54, 1.807) is 0 Å². The minimum absolute atomic E-state index is 0.561. The van der Waals surface area contributed by atoms with Crippen molar-refractivity contribution in [1.29, 1.82) is 0 Å². The van der Waals surface area contributed by atoms with E-state index in [2.05, 4.69) is 17.5 Å². The number of rotatable bonds is 3. The van der Waals surface area contributed by atoms with E-state index in [0.29, 0.717) is 12.0 Å². The fourth-order valence-electron chi connectivity index (χ4n) is 4.43. The Bertz CT molecular complexity index is 423. The first kappa shape index (κ1) is 15.1. The van der Waals surface area contributed by atoms with Gasteiger partial charge < -0.3 is 10.4 Å². The molecule has 0 bridgehead atoms. The number of fused-ring (bicyclic) bond motifs is 1. The average Bonchev–Trinajstić information content (AvgIpc) is 2.85. The van der Waals surface area contributed by atoms with Crippen molar-refractivity contribution in [1.82, 2.24) is 5.32 Å². The lowest BCUT2D eigenvalue weighted by Gasteiger charge is -2.27. The van der Waals surface area contributed by atoms with Gasteiger partial charge >= 0.3 is 0 Å². The molecule has 21 heavy (non-hydrogen) atoms. The Kier molecular flexibility index (Phi) is 4.44. The molecular formula is C19H31NO. The van der Waals surface area contributed by atoms with Gasteiger partial charge in [0.25, 0.3) is 0 Å². The van der Waals surface area contributed by atoms with Gasteiger partial charge in [-0.3, -0.25) is 0 Å². The normalized spacial score (nSPS) is 31.6. The van der Waals surface area contributed by atoms with Crippen molar-refractivity contribution in [3.05, 3.63) is 23.4 Å². The van der Waals surface area contributed by atoms with Crippen LogP contribution < -0.4 is 5.32 Å². The molecule has 2 unspecified atom stereocenters. The Morgan fingerprint density at radius 1 is 1.00 bits per heavy atom. The molecular weight excluding hydrogens is 258 g/mol. The fourth-order valence-corrected chi connectivity index (χ4v) is 4.43. The molecule has 3 rings (SSSR count). The summed E-state index contributed by atoms with van der Waals surface area (Å²) in [6, 6.07) is 0.561. The number of hydrogen-bond donors (Lipinski definition) is 2. The van der Waals surface area contributed by atoms with Gasteiger partial charge in [-0.05, 0) is 51.0 Å². The van der Waals surface area contributed by atoms with Crippen LogP contribution in [0, 0.1) is 11.8 Å². The van der Waals surface area contributed by atoms with Crippen LogP contribution in [0.15, 0.2) is 23.4 Å². The summed E-state index contributed by atoms with van der Waals surface area (Å²) in [4.78, 5) is 0. The molecule has 0 aromatic heterocycles. The van der Waals surface area contributed by atoms with Gasteiger partial charge in [0.15, 0.2) is 0 Å². The van der Waals surface area contributed by atoms with Crippen LogP contribution >= 0.6 is 0 Å².